The van der Waals surface area contributed by atoms with Crippen molar-refractivity contribution < 1.29 is 14.6 Å². The second-order valence-electron chi connectivity index (χ2n) is 7.13. The van der Waals surface area contributed by atoms with E-state index < -0.39 is 0 Å². The van der Waals surface area contributed by atoms with E-state index in [4.69, 9.17) is 4.74 Å². The molecule has 0 aromatic rings. The lowest BCUT2D eigenvalue weighted by molar-refractivity contribution is -0.144. The van der Waals surface area contributed by atoms with Crippen molar-refractivity contribution in [3.05, 3.63) is 36.0 Å². The van der Waals surface area contributed by atoms with Gasteiger partial charge in [-0.25, -0.2) is 4.79 Å². The number of fused-ring (bicyclic) bond motifs is 1. The number of carbonyl (C=O) groups excluding carboxylic acids is 1. The van der Waals surface area contributed by atoms with Gasteiger partial charge in [-0.1, -0.05) is 38.2 Å². The predicted octanol–water partition coefficient (Wildman–Crippen LogP) is 3.40. The zero-order valence-corrected chi connectivity index (χ0v) is 13.4. The zero-order valence-electron chi connectivity index (χ0n) is 13.4. The predicted molar refractivity (Wildman–Crippen MR) is 86.0 cm³/mol. The fourth-order valence-electron chi connectivity index (χ4n) is 4.25. The van der Waals surface area contributed by atoms with E-state index in [1.165, 1.54) is 11.6 Å². The first-order chi connectivity index (χ1) is 10.5. The van der Waals surface area contributed by atoms with Gasteiger partial charge in [0.15, 0.2) is 0 Å². The number of carbonyl (C=O) groups is 1. The van der Waals surface area contributed by atoms with Crippen LogP contribution in [-0.2, 0) is 9.53 Å². The largest absolute Gasteiger partial charge is 0.459 e. The molecule has 0 unspecified atom stereocenters. The maximum atomic E-state index is 11.3. The van der Waals surface area contributed by atoms with E-state index in [1.807, 2.05) is 6.08 Å². The van der Waals surface area contributed by atoms with Gasteiger partial charge >= 0.3 is 5.97 Å². The molecule has 3 rings (SSSR count). The van der Waals surface area contributed by atoms with Crippen LogP contribution in [0.15, 0.2) is 36.0 Å². The van der Waals surface area contributed by atoms with Crippen LogP contribution in [0.4, 0.5) is 0 Å². The Bertz CT molecular complexity index is 517. The fraction of sp³-hybridized carbons (Fsp3) is 0.632. The highest BCUT2D eigenvalue weighted by atomic mass is 16.5. The van der Waals surface area contributed by atoms with Crippen LogP contribution in [0.5, 0.6) is 0 Å². The molecule has 120 valence electrons. The Morgan fingerprint density at radius 1 is 1.27 bits per heavy atom. The standard InChI is InChI=1S/C19H26O3/c1-12-10-14-7-6-13(2)16(19(14)17(20)11-12)9-8-15-4-3-5-18(21)22-15/h3,5-7,10,12-13,15-17,19-20H,4,8-9,11H2,1-2H3/t12-,13-,15-,16-,17-,19-/m0/s1. The van der Waals surface area contributed by atoms with Crippen LogP contribution in [0, 0.1) is 23.7 Å². The molecular formula is C19H26O3. The summed E-state index contributed by atoms with van der Waals surface area (Å²) in [6.45, 7) is 4.40. The first-order valence-corrected chi connectivity index (χ1v) is 8.49. The van der Waals surface area contributed by atoms with Crippen LogP contribution in [0.25, 0.3) is 0 Å². The second-order valence-corrected chi connectivity index (χ2v) is 7.13. The van der Waals surface area contributed by atoms with E-state index in [9.17, 15) is 9.90 Å². The number of aliphatic hydroxyl groups is 1. The van der Waals surface area contributed by atoms with Gasteiger partial charge in [0.25, 0.3) is 0 Å². The number of ether oxygens (including phenoxy) is 1. The van der Waals surface area contributed by atoms with Crippen molar-refractivity contribution in [1.29, 1.82) is 0 Å². The Hall–Kier alpha value is -1.35. The average Bonchev–Trinajstić information content (AvgIpc) is 2.46. The van der Waals surface area contributed by atoms with Crippen LogP contribution in [0.1, 0.15) is 39.5 Å². The number of allylic oxidation sites excluding steroid dienone is 3. The van der Waals surface area contributed by atoms with Gasteiger partial charge in [0.1, 0.15) is 6.10 Å². The fourth-order valence-corrected chi connectivity index (χ4v) is 4.25. The molecule has 3 heteroatoms. The molecule has 0 saturated carbocycles. The van der Waals surface area contributed by atoms with Crippen molar-refractivity contribution in [2.45, 2.75) is 51.7 Å². The van der Waals surface area contributed by atoms with Crippen LogP contribution in [0.2, 0.25) is 0 Å². The first-order valence-electron chi connectivity index (χ1n) is 8.49. The van der Waals surface area contributed by atoms with E-state index in [0.717, 1.165) is 25.7 Å². The molecular weight excluding hydrogens is 276 g/mol. The van der Waals surface area contributed by atoms with Crippen molar-refractivity contribution in [1.82, 2.24) is 0 Å². The lowest BCUT2D eigenvalue weighted by Crippen LogP contribution is -2.38. The Balaban J connectivity index is 1.69. The van der Waals surface area contributed by atoms with Gasteiger partial charge in [-0.15, -0.1) is 0 Å². The van der Waals surface area contributed by atoms with Gasteiger partial charge in [0.05, 0.1) is 6.10 Å². The molecule has 0 fully saturated rings. The molecule has 1 aliphatic heterocycles. The van der Waals surface area contributed by atoms with Gasteiger partial charge in [-0.05, 0) is 42.6 Å². The van der Waals surface area contributed by atoms with Crippen LogP contribution in [-0.4, -0.2) is 23.3 Å². The number of rotatable bonds is 3. The maximum Gasteiger partial charge on any atom is 0.330 e. The van der Waals surface area contributed by atoms with Crippen LogP contribution in [0.3, 0.4) is 0 Å². The summed E-state index contributed by atoms with van der Waals surface area (Å²) in [6, 6.07) is 0. The SMILES string of the molecule is C[C@H]1C=C2C=C[C@H](C)[C@H](CC[C@@H]3CC=CC(=O)O3)[C@H]2[C@@H](O)C1. The summed E-state index contributed by atoms with van der Waals surface area (Å²) in [4.78, 5) is 11.3. The number of cyclic esters (lactones) is 1. The molecule has 3 aliphatic rings. The topological polar surface area (TPSA) is 46.5 Å². The number of esters is 1. The molecule has 1 N–H and O–H groups in total. The Morgan fingerprint density at radius 2 is 2.09 bits per heavy atom. The van der Waals surface area contributed by atoms with Crippen molar-refractivity contribution in [3.63, 3.8) is 0 Å². The van der Waals surface area contributed by atoms with Gasteiger partial charge in [-0.3, -0.25) is 0 Å². The molecule has 22 heavy (non-hydrogen) atoms. The van der Waals surface area contributed by atoms with E-state index >= 15 is 0 Å². The van der Waals surface area contributed by atoms with Crippen molar-refractivity contribution in [2.75, 3.05) is 0 Å². The molecule has 0 spiro atoms. The minimum atomic E-state index is -0.249. The van der Waals surface area contributed by atoms with Crippen molar-refractivity contribution in [2.24, 2.45) is 23.7 Å². The van der Waals surface area contributed by atoms with Gasteiger partial charge in [0.2, 0.25) is 0 Å². The summed E-state index contributed by atoms with van der Waals surface area (Å²) in [7, 11) is 0. The van der Waals surface area contributed by atoms with Gasteiger partial charge in [-0.2, -0.15) is 0 Å². The molecule has 0 saturated heterocycles. The Labute approximate surface area is 132 Å². The average molecular weight is 302 g/mol. The maximum absolute atomic E-state index is 11.3. The highest BCUT2D eigenvalue weighted by Gasteiger charge is 2.38. The summed E-state index contributed by atoms with van der Waals surface area (Å²) in [5.41, 5.74) is 1.30. The summed E-state index contributed by atoms with van der Waals surface area (Å²) < 4.78 is 5.37. The lowest BCUT2D eigenvalue weighted by Gasteiger charge is -2.42. The monoisotopic (exact) mass is 302 g/mol. The third kappa shape index (κ3) is 3.19. The lowest BCUT2D eigenvalue weighted by atomic mass is 9.65. The molecule has 1 heterocycles. The van der Waals surface area contributed by atoms with E-state index in [-0.39, 0.29) is 24.1 Å². The second kappa shape index (κ2) is 6.41. The van der Waals surface area contributed by atoms with Crippen molar-refractivity contribution >= 4 is 5.97 Å². The molecule has 2 aliphatic carbocycles. The smallest absolute Gasteiger partial charge is 0.330 e. The molecule has 0 aromatic carbocycles. The van der Waals surface area contributed by atoms with Gasteiger partial charge in [0, 0.05) is 18.4 Å². The molecule has 3 nitrogen and oxygen atoms in total. The van der Waals surface area contributed by atoms with Crippen LogP contribution < -0.4 is 0 Å². The molecule has 6 atom stereocenters. The molecule has 0 radical (unpaired) electrons. The zero-order chi connectivity index (χ0) is 15.7. The van der Waals surface area contributed by atoms with E-state index in [0.29, 0.717) is 17.8 Å². The Morgan fingerprint density at radius 3 is 2.86 bits per heavy atom. The molecule has 0 bridgehead atoms. The van der Waals surface area contributed by atoms with Gasteiger partial charge < -0.3 is 9.84 Å². The van der Waals surface area contributed by atoms with E-state index in [1.54, 1.807) is 0 Å². The summed E-state index contributed by atoms with van der Waals surface area (Å²) >= 11 is 0. The summed E-state index contributed by atoms with van der Waals surface area (Å²) in [5.74, 6) is 1.36. The minimum absolute atomic E-state index is 0.00249. The third-order valence-corrected chi connectivity index (χ3v) is 5.38. The quantitative estimate of drug-likeness (QED) is 0.813. The Kier molecular flexibility index (Phi) is 4.53. The third-order valence-electron chi connectivity index (χ3n) is 5.38. The number of aliphatic hydroxyl groups excluding tert-OH is 1. The van der Waals surface area contributed by atoms with Crippen molar-refractivity contribution in [3.8, 4) is 0 Å². The first kappa shape index (κ1) is 15.5. The highest BCUT2D eigenvalue weighted by molar-refractivity contribution is 5.82. The van der Waals surface area contributed by atoms with E-state index in [2.05, 4.69) is 32.1 Å². The molecule has 0 aromatic heterocycles. The number of hydrogen-bond acceptors (Lipinski definition) is 3. The highest BCUT2D eigenvalue weighted by Crippen LogP contribution is 2.43. The normalized spacial score (nSPS) is 40.9. The summed E-state index contributed by atoms with van der Waals surface area (Å²) in [6.07, 6.45) is 13.5. The molecule has 0 amide bonds. The number of hydrogen-bond donors (Lipinski definition) is 1. The minimum Gasteiger partial charge on any atom is -0.459 e. The van der Waals surface area contributed by atoms with Crippen LogP contribution >= 0.6 is 0 Å². The summed E-state index contributed by atoms with van der Waals surface area (Å²) in [5, 5.41) is 10.6.